The van der Waals surface area contributed by atoms with Crippen molar-refractivity contribution < 1.29 is 28.9 Å². The summed E-state index contributed by atoms with van der Waals surface area (Å²) in [6.07, 6.45) is -5.66. The van der Waals surface area contributed by atoms with Crippen LogP contribution in [0, 0.1) is 0 Å². The molecule has 0 aromatic heterocycles. The molecule has 2 aliphatic heterocycles. The Kier molecular flexibility index (Phi) is 4.04. The number of rotatable bonds is 2. The monoisotopic (exact) mass is 374 g/mol. The molecule has 2 rings (SSSR count). The first-order chi connectivity index (χ1) is 8.45. The summed E-state index contributed by atoms with van der Waals surface area (Å²) >= 11 is 1.83. The average Bonchev–Trinajstić information content (AvgIpc) is 2.61. The summed E-state index contributed by atoms with van der Waals surface area (Å²) in [5.41, 5.74) is 0. The minimum atomic E-state index is -1.82. The molecule has 3 N–H and O–H groups in total. The first-order valence-electron chi connectivity index (χ1n) is 5.29. The summed E-state index contributed by atoms with van der Waals surface area (Å²) in [4.78, 5) is 23.8. The molecule has 0 aromatic carbocycles. The van der Waals surface area contributed by atoms with Crippen molar-refractivity contribution in [2.45, 2.75) is 28.5 Å². The van der Waals surface area contributed by atoms with Crippen LogP contribution in [0.25, 0.3) is 0 Å². The van der Waals surface area contributed by atoms with Crippen molar-refractivity contribution in [3.8, 4) is 0 Å². The summed E-state index contributed by atoms with van der Waals surface area (Å²) in [7, 11) is 0. The highest BCUT2D eigenvalue weighted by atomic mass is 127. The van der Waals surface area contributed by atoms with Crippen molar-refractivity contribution in [2.24, 2.45) is 0 Å². The number of amides is 3. The van der Waals surface area contributed by atoms with E-state index in [1.165, 1.54) is 0 Å². The Balaban J connectivity index is 2.12. The fourth-order valence-electron chi connectivity index (χ4n) is 1.92. The zero-order valence-corrected chi connectivity index (χ0v) is 11.3. The lowest BCUT2D eigenvalue weighted by molar-refractivity contribution is -0.123. The van der Waals surface area contributed by atoms with Crippen LogP contribution >= 0.6 is 22.6 Å². The second-order valence-corrected chi connectivity index (χ2v) is 5.60. The van der Waals surface area contributed by atoms with E-state index in [1.807, 2.05) is 22.6 Å². The highest BCUT2D eigenvalue weighted by Gasteiger charge is 2.49. The maximum atomic E-state index is 13.8. The number of urea groups is 1. The van der Waals surface area contributed by atoms with Gasteiger partial charge >= 0.3 is 6.03 Å². The van der Waals surface area contributed by atoms with Crippen LogP contribution in [0.2, 0.25) is 0 Å². The molecular weight excluding hydrogens is 362 g/mol. The number of nitrogens with zero attached hydrogens (tertiary/aromatic N) is 1. The topological polar surface area (TPSA) is 99.1 Å². The number of halogens is 2. The van der Waals surface area contributed by atoms with Gasteiger partial charge < -0.3 is 14.9 Å². The molecule has 7 nitrogen and oxygen atoms in total. The quantitative estimate of drug-likeness (QED) is 0.415. The number of aliphatic hydroxyl groups excluding tert-OH is 2. The standard InChI is InChI=1S/C9H12FIN2O5/c10-5-6(15)4(2-14)18-8(5)13-1-3(11)7(16)12-9(13)17/h3-6,8,14-15H,1-2H2,(H,12,16,17)/t3?,4-,5+,6-,8-/m1/s1. The number of carbonyl (C=O) groups excluding carboxylic acids is 2. The molecule has 5 atom stereocenters. The normalized spacial score (nSPS) is 41.1. The highest BCUT2D eigenvalue weighted by molar-refractivity contribution is 14.1. The number of alkyl halides is 2. The van der Waals surface area contributed by atoms with Gasteiger partial charge in [-0.05, 0) is 0 Å². The van der Waals surface area contributed by atoms with Crippen molar-refractivity contribution in [3.05, 3.63) is 0 Å². The second-order valence-electron chi connectivity index (χ2n) is 4.10. The summed E-state index contributed by atoms with van der Waals surface area (Å²) in [6, 6.07) is -0.758. The van der Waals surface area contributed by atoms with Crippen molar-refractivity contribution in [1.82, 2.24) is 10.2 Å². The number of hydrogen-bond acceptors (Lipinski definition) is 5. The van der Waals surface area contributed by atoms with Gasteiger partial charge in [-0.15, -0.1) is 0 Å². The smallest absolute Gasteiger partial charge is 0.326 e. The van der Waals surface area contributed by atoms with E-state index in [0.717, 1.165) is 4.90 Å². The molecule has 0 saturated carbocycles. The third-order valence-electron chi connectivity index (χ3n) is 2.91. The molecule has 2 aliphatic rings. The molecule has 102 valence electrons. The summed E-state index contributed by atoms with van der Waals surface area (Å²) in [6.45, 7) is -0.540. The van der Waals surface area contributed by atoms with Crippen LogP contribution in [0.4, 0.5) is 9.18 Å². The van der Waals surface area contributed by atoms with Crippen LogP contribution < -0.4 is 5.32 Å². The number of nitrogens with one attached hydrogen (secondary N) is 1. The molecule has 0 aromatic rings. The molecule has 2 heterocycles. The van der Waals surface area contributed by atoms with E-state index in [-0.39, 0.29) is 6.54 Å². The Bertz CT molecular complexity index is 371. The number of imide groups is 1. The SMILES string of the molecule is O=C1NC(=O)N([C@@H]2O[C@H](CO)[C@@H](O)[C@@H]2F)CC1I. The zero-order chi connectivity index (χ0) is 13.4. The van der Waals surface area contributed by atoms with Gasteiger partial charge in [-0.1, -0.05) is 22.6 Å². The van der Waals surface area contributed by atoms with E-state index in [1.54, 1.807) is 0 Å². The Morgan fingerprint density at radius 2 is 2.22 bits per heavy atom. The number of hydrogen-bond donors (Lipinski definition) is 3. The highest BCUT2D eigenvalue weighted by Crippen LogP contribution is 2.28. The first-order valence-corrected chi connectivity index (χ1v) is 6.54. The van der Waals surface area contributed by atoms with E-state index in [9.17, 15) is 19.1 Å². The van der Waals surface area contributed by atoms with Gasteiger partial charge in [0.2, 0.25) is 5.91 Å². The number of carbonyl (C=O) groups is 2. The molecule has 3 amide bonds. The lowest BCUT2D eigenvalue weighted by atomic mass is 10.1. The van der Waals surface area contributed by atoms with Crippen LogP contribution in [-0.4, -0.2) is 68.7 Å². The van der Waals surface area contributed by atoms with Gasteiger partial charge in [0.25, 0.3) is 0 Å². The predicted molar refractivity (Wildman–Crippen MR) is 64.7 cm³/mol. The fraction of sp³-hybridized carbons (Fsp3) is 0.778. The molecule has 9 heteroatoms. The second kappa shape index (κ2) is 5.23. The van der Waals surface area contributed by atoms with Crippen LogP contribution in [0.1, 0.15) is 0 Å². The molecule has 0 radical (unpaired) electrons. The maximum absolute atomic E-state index is 13.8. The van der Waals surface area contributed by atoms with Gasteiger partial charge in [-0.25, -0.2) is 9.18 Å². The molecular formula is C9H12FIN2O5. The molecule has 1 unspecified atom stereocenters. The van der Waals surface area contributed by atoms with Crippen LogP contribution in [0.15, 0.2) is 0 Å². The molecule has 18 heavy (non-hydrogen) atoms. The van der Waals surface area contributed by atoms with E-state index in [2.05, 4.69) is 5.32 Å². The Morgan fingerprint density at radius 1 is 1.56 bits per heavy atom. The van der Waals surface area contributed by atoms with Crippen molar-refractivity contribution in [1.29, 1.82) is 0 Å². The maximum Gasteiger partial charge on any atom is 0.326 e. The first kappa shape index (κ1) is 13.9. The average molecular weight is 374 g/mol. The summed E-state index contributed by atoms with van der Waals surface area (Å²) < 4.78 is 18.4. The Hall–Kier alpha value is -0.520. The van der Waals surface area contributed by atoms with Gasteiger partial charge in [0.1, 0.15) is 16.1 Å². The largest absolute Gasteiger partial charge is 0.394 e. The minimum Gasteiger partial charge on any atom is -0.394 e. The lowest BCUT2D eigenvalue weighted by Crippen LogP contribution is -2.60. The Labute approximate surface area is 115 Å². The summed E-state index contributed by atoms with van der Waals surface area (Å²) in [5.74, 6) is -0.440. The molecule has 2 saturated heterocycles. The fourth-order valence-corrected chi connectivity index (χ4v) is 2.50. The molecule has 0 aliphatic carbocycles. The Morgan fingerprint density at radius 3 is 2.78 bits per heavy atom. The van der Waals surface area contributed by atoms with E-state index < -0.39 is 47.1 Å². The van der Waals surface area contributed by atoms with Gasteiger partial charge in [0, 0.05) is 6.54 Å². The van der Waals surface area contributed by atoms with Crippen LogP contribution in [0.5, 0.6) is 0 Å². The van der Waals surface area contributed by atoms with Crippen LogP contribution in [0.3, 0.4) is 0 Å². The van der Waals surface area contributed by atoms with Gasteiger partial charge in [-0.3, -0.25) is 15.0 Å². The molecule has 2 fully saturated rings. The number of aliphatic hydroxyl groups is 2. The van der Waals surface area contributed by atoms with Crippen molar-refractivity contribution in [3.63, 3.8) is 0 Å². The molecule has 0 bridgehead atoms. The van der Waals surface area contributed by atoms with Crippen molar-refractivity contribution in [2.75, 3.05) is 13.2 Å². The lowest BCUT2D eigenvalue weighted by Gasteiger charge is -2.34. The van der Waals surface area contributed by atoms with Crippen LogP contribution in [-0.2, 0) is 9.53 Å². The van der Waals surface area contributed by atoms with Crippen molar-refractivity contribution >= 4 is 34.5 Å². The zero-order valence-electron chi connectivity index (χ0n) is 9.12. The summed E-state index contributed by atoms with van der Waals surface area (Å²) in [5, 5.41) is 20.5. The minimum absolute atomic E-state index is 0.00117. The van der Waals surface area contributed by atoms with Gasteiger partial charge in [0.05, 0.1) is 6.61 Å². The van der Waals surface area contributed by atoms with E-state index in [0.29, 0.717) is 0 Å². The van der Waals surface area contributed by atoms with Gasteiger partial charge in [0.15, 0.2) is 12.4 Å². The third-order valence-corrected chi connectivity index (χ3v) is 3.87. The predicted octanol–water partition coefficient (Wildman–Crippen LogP) is -1.24. The molecule has 0 spiro atoms. The number of ether oxygens (including phenoxy) is 1. The van der Waals surface area contributed by atoms with E-state index in [4.69, 9.17) is 9.84 Å². The third kappa shape index (κ3) is 2.31. The van der Waals surface area contributed by atoms with Gasteiger partial charge in [-0.2, -0.15) is 0 Å². The van der Waals surface area contributed by atoms with E-state index >= 15 is 0 Å².